The molecule has 0 bridgehead atoms. The summed E-state index contributed by atoms with van der Waals surface area (Å²) in [4.78, 5) is 7.05. The van der Waals surface area contributed by atoms with Crippen LogP contribution in [0.2, 0.25) is 0 Å². The van der Waals surface area contributed by atoms with E-state index < -0.39 is 0 Å². The highest BCUT2D eigenvalue weighted by molar-refractivity contribution is 8.13. The summed E-state index contributed by atoms with van der Waals surface area (Å²) in [6.45, 7) is 13.1. The zero-order valence-corrected chi connectivity index (χ0v) is 11.9. The van der Waals surface area contributed by atoms with Crippen molar-refractivity contribution in [1.29, 1.82) is 0 Å². The van der Waals surface area contributed by atoms with Crippen molar-refractivity contribution in [2.75, 3.05) is 31.9 Å². The van der Waals surface area contributed by atoms with Crippen LogP contribution >= 0.6 is 11.8 Å². The zero-order chi connectivity index (χ0) is 12.0. The average Bonchev–Trinajstić information content (AvgIpc) is 2.23. The van der Waals surface area contributed by atoms with Gasteiger partial charge in [-0.1, -0.05) is 25.6 Å². The summed E-state index contributed by atoms with van der Waals surface area (Å²) in [6.07, 6.45) is 1.22. The molecule has 1 aliphatic heterocycles. The highest BCUT2D eigenvalue weighted by Crippen LogP contribution is 2.21. The van der Waals surface area contributed by atoms with Gasteiger partial charge in [-0.2, -0.15) is 0 Å². The fraction of sp³-hybridized carbons (Fsp3) is 0.917. The minimum Gasteiger partial charge on any atom is -0.360 e. The van der Waals surface area contributed by atoms with Gasteiger partial charge < -0.3 is 10.2 Å². The molecule has 0 aromatic carbocycles. The minimum atomic E-state index is 0.222. The van der Waals surface area contributed by atoms with E-state index in [1.54, 1.807) is 0 Å². The normalized spacial score (nSPS) is 22.4. The molecule has 1 N–H and O–H groups in total. The summed E-state index contributed by atoms with van der Waals surface area (Å²) in [6, 6.07) is 0. The van der Waals surface area contributed by atoms with E-state index in [1.807, 2.05) is 11.8 Å². The monoisotopic (exact) mass is 243 g/mol. The van der Waals surface area contributed by atoms with Gasteiger partial charge in [-0.15, -0.1) is 0 Å². The Morgan fingerprint density at radius 2 is 2.06 bits per heavy atom. The van der Waals surface area contributed by atoms with Crippen molar-refractivity contribution < 1.29 is 0 Å². The van der Waals surface area contributed by atoms with Gasteiger partial charge in [-0.3, -0.25) is 4.99 Å². The molecule has 4 heteroatoms. The first-order valence-electron chi connectivity index (χ1n) is 6.25. The van der Waals surface area contributed by atoms with Gasteiger partial charge in [-0.05, 0) is 33.4 Å². The van der Waals surface area contributed by atoms with Crippen molar-refractivity contribution >= 4 is 16.9 Å². The third-order valence-corrected chi connectivity index (χ3v) is 3.89. The molecular weight excluding hydrogens is 218 g/mol. The second-order valence-electron chi connectivity index (χ2n) is 4.82. The van der Waals surface area contributed by atoms with Crippen LogP contribution in [0.1, 0.15) is 34.1 Å². The summed E-state index contributed by atoms with van der Waals surface area (Å²) in [5.74, 6) is 1.18. The summed E-state index contributed by atoms with van der Waals surface area (Å²) >= 11 is 1.85. The van der Waals surface area contributed by atoms with Crippen LogP contribution in [0.25, 0.3) is 0 Å². The molecular formula is C12H25N3S. The quantitative estimate of drug-likeness (QED) is 0.802. The minimum absolute atomic E-state index is 0.222. The first-order valence-corrected chi connectivity index (χ1v) is 7.23. The molecule has 0 spiro atoms. The molecule has 0 saturated carbocycles. The molecule has 0 aromatic rings. The zero-order valence-electron chi connectivity index (χ0n) is 11.0. The van der Waals surface area contributed by atoms with Gasteiger partial charge in [0.1, 0.15) is 0 Å². The number of hydrogen-bond acceptors (Lipinski definition) is 3. The van der Waals surface area contributed by atoms with Crippen LogP contribution < -0.4 is 5.32 Å². The molecule has 3 nitrogen and oxygen atoms in total. The molecule has 0 aliphatic carbocycles. The first-order chi connectivity index (χ1) is 7.57. The van der Waals surface area contributed by atoms with Crippen molar-refractivity contribution in [3.8, 4) is 0 Å². The summed E-state index contributed by atoms with van der Waals surface area (Å²) in [7, 11) is 0. The van der Waals surface area contributed by atoms with E-state index in [0.29, 0.717) is 0 Å². The van der Waals surface area contributed by atoms with Crippen molar-refractivity contribution in [2.24, 2.45) is 4.99 Å². The van der Waals surface area contributed by atoms with Gasteiger partial charge in [0.05, 0.1) is 6.54 Å². The molecule has 0 radical (unpaired) electrons. The Morgan fingerprint density at radius 3 is 2.62 bits per heavy atom. The van der Waals surface area contributed by atoms with Gasteiger partial charge in [0.25, 0.3) is 0 Å². The Hall–Kier alpha value is -0.220. The second-order valence-corrected chi connectivity index (χ2v) is 5.90. The van der Waals surface area contributed by atoms with Crippen molar-refractivity contribution in [3.63, 3.8) is 0 Å². The van der Waals surface area contributed by atoms with Gasteiger partial charge in [0.15, 0.2) is 5.17 Å². The predicted molar refractivity (Wildman–Crippen MR) is 74.4 cm³/mol. The topological polar surface area (TPSA) is 27.6 Å². The molecule has 1 heterocycles. The Bertz CT molecular complexity index is 234. The molecule has 1 rings (SSSR count). The number of nitrogens with zero attached hydrogens (tertiary/aromatic N) is 2. The number of aliphatic imine (C=N–C) groups is 1. The number of likely N-dealkylation sites (N-methyl/N-ethyl adjacent to an activating group) is 1. The molecule has 1 fully saturated rings. The van der Waals surface area contributed by atoms with Crippen LogP contribution in [0, 0.1) is 0 Å². The smallest absolute Gasteiger partial charge is 0.157 e. The molecule has 16 heavy (non-hydrogen) atoms. The predicted octanol–water partition coefficient (Wildman–Crippen LogP) is 2.19. The van der Waals surface area contributed by atoms with Crippen molar-refractivity contribution in [3.05, 3.63) is 0 Å². The first kappa shape index (κ1) is 13.8. The molecule has 0 unspecified atom stereocenters. The van der Waals surface area contributed by atoms with Gasteiger partial charge in [-0.25, -0.2) is 0 Å². The molecule has 1 aliphatic rings. The molecule has 1 saturated heterocycles. The summed E-state index contributed by atoms with van der Waals surface area (Å²) in [5.41, 5.74) is 0.222. The lowest BCUT2D eigenvalue weighted by Gasteiger charge is -2.32. The van der Waals surface area contributed by atoms with Crippen molar-refractivity contribution in [2.45, 2.75) is 39.7 Å². The van der Waals surface area contributed by atoms with Crippen LogP contribution in [0.5, 0.6) is 0 Å². The SMILES string of the molecule is CCN(CC)CCN=C1NC(C)(C)CCS1. The molecule has 0 amide bonds. The number of hydrogen-bond donors (Lipinski definition) is 1. The van der Waals surface area contributed by atoms with Crippen LogP contribution in [0.3, 0.4) is 0 Å². The van der Waals surface area contributed by atoms with Crippen LogP contribution in [-0.2, 0) is 0 Å². The highest BCUT2D eigenvalue weighted by atomic mass is 32.2. The maximum absolute atomic E-state index is 4.64. The Labute approximate surface area is 104 Å². The van der Waals surface area contributed by atoms with E-state index in [9.17, 15) is 0 Å². The summed E-state index contributed by atoms with van der Waals surface area (Å²) in [5, 5.41) is 4.63. The lowest BCUT2D eigenvalue weighted by molar-refractivity contribution is 0.313. The Morgan fingerprint density at radius 1 is 1.38 bits per heavy atom. The van der Waals surface area contributed by atoms with E-state index in [-0.39, 0.29) is 5.54 Å². The standard InChI is InChI=1S/C12H25N3S/c1-5-15(6-2)9-8-13-11-14-12(3,4)7-10-16-11/h5-10H2,1-4H3,(H,13,14). The van der Waals surface area contributed by atoms with Gasteiger partial charge >= 0.3 is 0 Å². The Kier molecular flexibility index (Phi) is 5.62. The van der Waals surface area contributed by atoms with E-state index in [2.05, 4.69) is 42.9 Å². The number of nitrogens with one attached hydrogen (secondary N) is 1. The highest BCUT2D eigenvalue weighted by Gasteiger charge is 2.23. The maximum atomic E-state index is 4.64. The van der Waals surface area contributed by atoms with E-state index >= 15 is 0 Å². The van der Waals surface area contributed by atoms with Crippen molar-refractivity contribution in [1.82, 2.24) is 10.2 Å². The molecule has 0 aromatic heterocycles. The van der Waals surface area contributed by atoms with E-state index in [1.165, 1.54) is 12.2 Å². The average molecular weight is 243 g/mol. The van der Waals surface area contributed by atoms with Gasteiger partial charge in [0, 0.05) is 17.8 Å². The lowest BCUT2D eigenvalue weighted by atomic mass is 10.0. The van der Waals surface area contributed by atoms with E-state index in [0.717, 1.165) is 31.3 Å². The van der Waals surface area contributed by atoms with Crippen LogP contribution in [0.4, 0.5) is 0 Å². The lowest BCUT2D eigenvalue weighted by Crippen LogP contribution is -2.46. The fourth-order valence-electron chi connectivity index (χ4n) is 1.71. The second kappa shape index (κ2) is 6.50. The third kappa shape index (κ3) is 4.74. The molecule has 94 valence electrons. The number of rotatable bonds is 5. The third-order valence-electron chi connectivity index (χ3n) is 2.98. The van der Waals surface area contributed by atoms with Crippen LogP contribution in [-0.4, -0.2) is 47.5 Å². The van der Waals surface area contributed by atoms with Crippen LogP contribution in [0.15, 0.2) is 4.99 Å². The Balaban J connectivity index is 2.33. The number of thioether (sulfide) groups is 1. The maximum Gasteiger partial charge on any atom is 0.157 e. The largest absolute Gasteiger partial charge is 0.360 e. The fourth-order valence-corrected chi connectivity index (χ4v) is 3.05. The summed E-state index contributed by atoms with van der Waals surface area (Å²) < 4.78 is 0. The van der Waals surface area contributed by atoms with E-state index in [4.69, 9.17) is 0 Å². The number of amidine groups is 1. The van der Waals surface area contributed by atoms with Gasteiger partial charge in [0.2, 0.25) is 0 Å². The molecule has 0 atom stereocenters.